The average molecular weight is 403 g/mol. The molecule has 0 radical (unpaired) electrons. The van der Waals surface area contributed by atoms with Gasteiger partial charge in [-0.25, -0.2) is 8.42 Å². The fraction of sp³-hybridized carbons (Fsp3) is 0.409. The Morgan fingerprint density at radius 1 is 1.07 bits per heavy atom. The molecule has 2 aromatic carbocycles. The Morgan fingerprint density at radius 3 is 2.25 bits per heavy atom. The highest BCUT2D eigenvalue weighted by atomic mass is 32.2. The molecular weight excluding hydrogens is 372 g/mol. The van der Waals surface area contributed by atoms with E-state index in [-0.39, 0.29) is 11.9 Å². The number of carbonyl (C=O) groups is 1. The highest BCUT2D eigenvalue weighted by Gasteiger charge is 2.32. The van der Waals surface area contributed by atoms with Gasteiger partial charge in [0.1, 0.15) is 6.04 Å². The molecule has 0 aromatic heterocycles. The Hall–Kier alpha value is -2.34. The summed E-state index contributed by atoms with van der Waals surface area (Å²) in [5.74, 6) is -0.304. The van der Waals surface area contributed by atoms with Crippen molar-refractivity contribution in [2.45, 2.75) is 53.1 Å². The third-order valence-electron chi connectivity index (χ3n) is 4.84. The van der Waals surface area contributed by atoms with Gasteiger partial charge in [0.25, 0.3) is 0 Å². The standard InChI is InChI=1S/C22H30N2O3S/c1-7-21(24(28(6,26)27)19-10-8-9-15(2)14-19)22(25)23-18(5)20-12-11-16(3)13-17(20)4/h8-14,18,21H,7H2,1-6H3,(H,23,25)/t18-,21-/m1/s1. The summed E-state index contributed by atoms with van der Waals surface area (Å²) in [6, 6.07) is 12.3. The number of amides is 1. The molecule has 152 valence electrons. The summed E-state index contributed by atoms with van der Waals surface area (Å²) in [6.07, 6.45) is 1.51. The van der Waals surface area contributed by atoms with E-state index < -0.39 is 16.1 Å². The van der Waals surface area contributed by atoms with Crippen LogP contribution < -0.4 is 9.62 Å². The normalized spacial score (nSPS) is 13.6. The molecule has 0 aliphatic carbocycles. The lowest BCUT2D eigenvalue weighted by atomic mass is 10.00. The van der Waals surface area contributed by atoms with Gasteiger partial charge in [0.15, 0.2) is 0 Å². The van der Waals surface area contributed by atoms with Gasteiger partial charge < -0.3 is 5.32 Å². The Balaban J connectivity index is 2.33. The van der Waals surface area contributed by atoms with E-state index in [0.29, 0.717) is 12.1 Å². The molecule has 6 heteroatoms. The molecule has 0 saturated carbocycles. The Labute approximate surface area is 168 Å². The number of aryl methyl sites for hydroxylation is 3. The van der Waals surface area contributed by atoms with Gasteiger partial charge in [-0.15, -0.1) is 0 Å². The third kappa shape index (κ3) is 5.13. The van der Waals surface area contributed by atoms with E-state index in [4.69, 9.17) is 0 Å². The summed E-state index contributed by atoms with van der Waals surface area (Å²) in [5, 5.41) is 3.00. The van der Waals surface area contributed by atoms with Crippen molar-refractivity contribution in [1.29, 1.82) is 0 Å². The van der Waals surface area contributed by atoms with E-state index in [9.17, 15) is 13.2 Å². The quantitative estimate of drug-likeness (QED) is 0.760. The number of sulfonamides is 1. The van der Waals surface area contributed by atoms with Gasteiger partial charge in [-0.05, 0) is 62.9 Å². The number of anilines is 1. The van der Waals surface area contributed by atoms with Crippen molar-refractivity contribution in [3.63, 3.8) is 0 Å². The van der Waals surface area contributed by atoms with E-state index >= 15 is 0 Å². The van der Waals surface area contributed by atoms with Crippen LogP contribution in [0.4, 0.5) is 5.69 Å². The number of carbonyl (C=O) groups excluding carboxylic acids is 1. The zero-order valence-corrected chi connectivity index (χ0v) is 18.3. The first-order valence-electron chi connectivity index (χ1n) is 9.48. The molecule has 0 heterocycles. The number of benzene rings is 2. The maximum Gasteiger partial charge on any atom is 0.244 e. The fourth-order valence-corrected chi connectivity index (χ4v) is 4.73. The minimum atomic E-state index is -3.63. The summed E-state index contributed by atoms with van der Waals surface area (Å²) >= 11 is 0. The highest BCUT2D eigenvalue weighted by molar-refractivity contribution is 7.92. The van der Waals surface area contributed by atoms with Crippen LogP contribution in [-0.2, 0) is 14.8 Å². The molecule has 28 heavy (non-hydrogen) atoms. The molecule has 2 atom stereocenters. The molecule has 0 fully saturated rings. The van der Waals surface area contributed by atoms with E-state index in [0.717, 1.165) is 28.5 Å². The van der Waals surface area contributed by atoms with Crippen molar-refractivity contribution in [2.24, 2.45) is 0 Å². The fourth-order valence-electron chi connectivity index (χ4n) is 3.52. The van der Waals surface area contributed by atoms with E-state index in [1.807, 2.05) is 52.8 Å². The van der Waals surface area contributed by atoms with E-state index in [1.54, 1.807) is 18.2 Å². The molecule has 0 aliphatic heterocycles. The van der Waals surface area contributed by atoms with Crippen molar-refractivity contribution in [2.75, 3.05) is 10.6 Å². The Bertz CT molecular complexity index is 954. The molecular formula is C22H30N2O3S. The van der Waals surface area contributed by atoms with Gasteiger partial charge in [0, 0.05) is 0 Å². The smallest absolute Gasteiger partial charge is 0.244 e. The average Bonchev–Trinajstić information content (AvgIpc) is 2.57. The van der Waals surface area contributed by atoms with Crippen LogP contribution in [0.15, 0.2) is 42.5 Å². The Kier molecular flexibility index (Phi) is 6.88. The number of nitrogens with one attached hydrogen (secondary N) is 1. The topological polar surface area (TPSA) is 66.5 Å². The molecule has 1 amide bonds. The lowest BCUT2D eigenvalue weighted by Crippen LogP contribution is -2.49. The minimum Gasteiger partial charge on any atom is -0.348 e. The maximum atomic E-state index is 13.1. The molecule has 2 aromatic rings. The van der Waals surface area contributed by atoms with Crippen molar-refractivity contribution in [3.05, 3.63) is 64.7 Å². The first-order valence-corrected chi connectivity index (χ1v) is 11.3. The first kappa shape index (κ1) is 22.0. The number of hydrogen-bond donors (Lipinski definition) is 1. The predicted octanol–water partition coefficient (Wildman–Crippen LogP) is 4.03. The Morgan fingerprint density at radius 2 is 1.71 bits per heavy atom. The zero-order chi connectivity index (χ0) is 21.1. The van der Waals surface area contributed by atoms with E-state index in [1.165, 1.54) is 4.31 Å². The molecule has 0 aliphatic rings. The highest BCUT2D eigenvalue weighted by Crippen LogP contribution is 2.25. The largest absolute Gasteiger partial charge is 0.348 e. The van der Waals surface area contributed by atoms with Crippen LogP contribution in [0.3, 0.4) is 0 Å². The zero-order valence-electron chi connectivity index (χ0n) is 17.5. The lowest BCUT2D eigenvalue weighted by molar-refractivity contribution is -0.122. The minimum absolute atomic E-state index is 0.221. The van der Waals surface area contributed by atoms with Crippen LogP contribution in [0.5, 0.6) is 0 Å². The third-order valence-corrected chi connectivity index (χ3v) is 6.02. The van der Waals surface area contributed by atoms with Crippen molar-refractivity contribution in [1.82, 2.24) is 5.32 Å². The monoisotopic (exact) mass is 402 g/mol. The van der Waals surface area contributed by atoms with Gasteiger partial charge in [-0.2, -0.15) is 0 Å². The molecule has 0 saturated heterocycles. The van der Waals surface area contributed by atoms with Crippen molar-refractivity contribution < 1.29 is 13.2 Å². The predicted molar refractivity (Wildman–Crippen MR) is 115 cm³/mol. The molecule has 2 rings (SSSR count). The number of hydrogen-bond acceptors (Lipinski definition) is 3. The van der Waals surface area contributed by atoms with Crippen molar-refractivity contribution >= 4 is 21.6 Å². The molecule has 0 spiro atoms. The maximum absolute atomic E-state index is 13.1. The summed E-state index contributed by atoms with van der Waals surface area (Å²) in [5.41, 5.74) is 4.72. The summed E-state index contributed by atoms with van der Waals surface area (Å²) in [6.45, 7) is 9.67. The van der Waals surface area contributed by atoms with Gasteiger partial charge in [-0.3, -0.25) is 9.10 Å². The molecule has 0 unspecified atom stereocenters. The molecule has 1 N–H and O–H groups in total. The van der Waals surface area contributed by atoms with Crippen LogP contribution in [0.1, 0.15) is 48.6 Å². The summed E-state index contributed by atoms with van der Waals surface area (Å²) in [7, 11) is -3.63. The van der Waals surface area contributed by atoms with Crippen LogP contribution in [0, 0.1) is 20.8 Å². The van der Waals surface area contributed by atoms with Gasteiger partial charge in [0.05, 0.1) is 18.0 Å². The molecule has 0 bridgehead atoms. The SMILES string of the molecule is CC[C@H](C(=O)N[C@H](C)c1ccc(C)cc1C)N(c1cccc(C)c1)S(C)(=O)=O. The molecule has 5 nitrogen and oxygen atoms in total. The lowest BCUT2D eigenvalue weighted by Gasteiger charge is -2.31. The van der Waals surface area contributed by atoms with Crippen molar-refractivity contribution in [3.8, 4) is 0 Å². The van der Waals surface area contributed by atoms with Crippen LogP contribution >= 0.6 is 0 Å². The number of nitrogens with zero attached hydrogens (tertiary/aromatic N) is 1. The van der Waals surface area contributed by atoms with Crippen LogP contribution in [0.25, 0.3) is 0 Å². The van der Waals surface area contributed by atoms with Crippen LogP contribution in [-0.4, -0.2) is 26.6 Å². The second-order valence-electron chi connectivity index (χ2n) is 7.41. The van der Waals surface area contributed by atoms with Gasteiger partial charge >= 0.3 is 0 Å². The van der Waals surface area contributed by atoms with Gasteiger partial charge in [-0.1, -0.05) is 42.8 Å². The second kappa shape index (κ2) is 8.78. The second-order valence-corrected chi connectivity index (χ2v) is 9.27. The summed E-state index contributed by atoms with van der Waals surface area (Å²) in [4.78, 5) is 13.1. The van der Waals surface area contributed by atoms with E-state index in [2.05, 4.69) is 11.4 Å². The first-order chi connectivity index (χ1) is 13.0. The van der Waals surface area contributed by atoms with Gasteiger partial charge in [0.2, 0.25) is 15.9 Å². The summed E-state index contributed by atoms with van der Waals surface area (Å²) < 4.78 is 26.3. The van der Waals surface area contributed by atoms with Crippen LogP contribution in [0.2, 0.25) is 0 Å². The number of rotatable bonds is 7.